The Morgan fingerprint density at radius 3 is 2.79 bits per heavy atom. The van der Waals surface area contributed by atoms with E-state index in [9.17, 15) is 0 Å². The third-order valence-electron chi connectivity index (χ3n) is 4.98. The van der Waals surface area contributed by atoms with Crippen LogP contribution in [-0.2, 0) is 4.74 Å². The van der Waals surface area contributed by atoms with Gasteiger partial charge in [-0.1, -0.05) is 13.8 Å². The summed E-state index contributed by atoms with van der Waals surface area (Å²) in [5, 5.41) is 0. The summed E-state index contributed by atoms with van der Waals surface area (Å²) >= 11 is 0. The molecular weight excluding hydrogens is 238 g/mol. The molecule has 0 amide bonds. The van der Waals surface area contributed by atoms with Crippen LogP contribution in [0.25, 0.3) is 0 Å². The standard InChI is InChI=1S/C15H29N3O/c1-13(2)4-5-17-11-15(12-17)10-16(3)8-14-9-19-7-6-18(14)15/h13-14H,4-12H2,1-3H3/t14-/m1/s1. The van der Waals surface area contributed by atoms with Crippen LogP contribution in [-0.4, -0.2) is 85.8 Å². The Hall–Kier alpha value is -0.160. The molecule has 3 fully saturated rings. The van der Waals surface area contributed by atoms with Crippen molar-refractivity contribution < 1.29 is 4.74 Å². The van der Waals surface area contributed by atoms with E-state index in [0.717, 1.165) is 25.7 Å². The van der Waals surface area contributed by atoms with Crippen molar-refractivity contribution in [3.8, 4) is 0 Å². The number of hydrogen-bond donors (Lipinski definition) is 0. The molecule has 0 aromatic carbocycles. The summed E-state index contributed by atoms with van der Waals surface area (Å²) in [5.74, 6) is 0.821. The van der Waals surface area contributed by atoms with Crippen molar-refractivity contribution in [2.24, 2.45) is 5.92 Å². The molecule has 0 N–H and O–H groups in total. The first-order valence-corrected chi connectivity index (χ1v) is 7.84. The zero-order valence-corrected chi connectivity index (χ0v) is 12.8. The predicted molar refractivity (Wildman–Crippen MR) is 77.4 cm³/mol. The molecule has 0 aliphatic carbocycles. The largest absolute Gasteiger partial charge is 0.378 e. The molecule has 4 nitrogen and oxygen atoms in total. The molecule has 3 rings (SSSR count). The van der Waals surface area contributed by atoms with E-state index in [1.54, 1.807) is 0 Å². The summed E-state index contributed by atoms with van der Waals surface area (Å²) in [7, 11) is 2.27. The van der Waals surface area contributed by atoms with E-state index in [1.165, 1.54) is 39.1 Å². The Kier molecular flexibility index (Phi) is 3.87. The second-order valence-corrected chi connectivity index (χ2v) is 7.24. The molecule has 0 aromatic rings. The van der Waals surface area contributed by atoms with Crippen LogP contribution in [0.5, 0.6) is 0 Å². The highest BCUT2D eigenvalue weighted by Gasteiger charge is 2.53. The predicted octanol–water partition coefficient (Wildman–Crippen LogP) is 0.733. The first kappa shape index (κ1) is 13.8. The first-order valence-electron chi connectivity index (χ1n) is 7.84. The quantitative estimate of drug-likeness (QED) is 0.750. The van der Waals surface area contributed by atoms with Gasteiger partial charge >= 0.3 is 0 Å². The zero-order valence-electron chi connectivity index (χ0n) is 12.8. The van der Waals surface area contributed by atoms with E-state index in [2.05, 4.69) is 35.6 Å². The maximum Gasteiger partial charge on any atom is 0.0635 e. The van der Waals surface area contributed by atoms with E-state index in [4.69, 9.17) is 4.74 Å². The van der Waals surface area contributed by atoms with Crippen molar-refractivity contribution in [1.29, 1.82) is 0 Å². The van der Waals surface area contributed by atoms with Gasteiger partial charge in [-0.15, -0.1) is 0 Å². The smallest absolute Gasteiger partial charge is 0.0635 e. The number of morpholine rings is 1. The fourth-order valence-corrected chi connectivity index (χ4v) is 4.11. The van der Waals surface area contributed by atoms with Crippen molar-refractivity contribution in [2.75, 3.05) is 59.5 Å². The van der Waals surface area contributed by atoms with Crippen LogP contribution in [0, 0.1) is 5.92 Å². The van der Waals surface area contributed by atoms with Crippen LogP contribution in [0.4, 0.5) is 0 Å². The number of piperazine rings is 1. The summed E-state index contributed by atoms with van der Waals surface area (Å²) in [6, 6.07) is 0.625. The van der Waals surface area contributed by atoms with Gasteiger partial charge in [0.2, 0.25) is 0 Å². The monoisotopic (exact) mass is 267 g/mol. The highest BCUT2D eigenvalue weighted by Crippen LogP contribution is 2.35. The SMILES string of the molecule is CC(C)CCN1CC2(CN(C)C[C@@H]3COCCN32)C1. The number of rotatable bonds is 3. The van der Waals surface area contributed by atoms with E-state index in [1.807, 2.05) is 0 Å². The molecule has 1 spiro atoms. The van der Waals surface area contributed by atoms with Gasteiger partial charge < -0.3 is 9.64 Å². The third kappa shape index (κ3) is 2.68. The van der Waals surface area contributed by atoms with Crippen molar-refractivity contribution in [3.05, 3.63) is 0 Å². The second kappa shape index (κ2) is 5.32. The molecule has 1 atom stereocenters. The maximum absolute atomic E-state index is 5.67. The summed E-state index contributed by atoms with van der Waals surface area (Å²) in [6.45, 7) is 13.8. The van der Waals surface area contributed by atoms with Gasteiger partial charge in [0.15, 0.2) is 0 Å². The molecule has 0 bridgehead atoms. The van der Waals surface area contributed by atoms with Gasteiger partial charge in [-0.05, 0) is 25.9 Å². The normalized spacial score (nSPS) is 32.5. The van der Waals surface area contributed by atoms with Gasteiger partial charge in [-0.3, -0.25) is 9.80 Å². The van der Waals surface area contributed by atoms with Crippen LogP contribution in [0.15, 0.2) is 0 Å². The number of hydrogen-bond acceptors (Lipinski definition) is 4. The minimum absolute atomic E-state index is 0.429. The van der Waals surface area contributed by atoms with E-state index in [0.29, 0.717) is 11.6 Å². The lowest BCUT2D eigenvalue weighted by molar-refractivity contribution is -0.161. The lowest BCUT2D eigenvalue weighted by Crippen LogP contribution is -2.80. The van der Waals surface area contributed by atoms with Crippen LogP contribution in [0.1, 0.15) is 20.3 Å². The molecule has 19 heavy (non-hydrogen) atoms. The van der Waals surface area contributed by atoms with Crippen molar-refractivity contribution in [3.63, 3.8) is 0 Å². The summed E-state index contributed by atoms with van der Waals surface area (Å²) in [4.78, 5) is 7.92. The molecule has 3 aliphatic rings. The first-order chi connectivity index (χ1) is 9.09. The highest BCUT2D eigenvalue weighted by molar-refractivity contribution is 5.10. The molecule has 0 unspecified atom stereocenters. The van der Waals surface area contributed by atoms with E-state index >= 15 is 0 Å². The minimum Gasteiger partial charge on any atom is -0.378 e. The Morgan fingerprint density at radius 1 is 1.26 bits per heavy atom. The average Bonchev–Trinajstić information content (AvgIpc) is 2.32. The molecule has 4 heteroatoms. The Labute approximate surface area is 117 Å². The number of nitrogens with zero attached hydrogens (tertiary/aromatic N) is 3. The van der Waals surface area contributed by atoms with Crippen molar-refractivity contribution in [2.45, 2.75) is 31.8 Å². The van der Waals surface area contributed by atoms with Crippen molar-refractivity contribution >= 4 is 0 Å². The second-order valence-electron chi connectivity index (χ2n) is 7.24. The topological polar surface area (TPSA) is 19.0 Å². The molecule has 3 aliphatic heterocycles. The molecule has 110 valence electrons. The van der Waals surface area contributed by atoms with Crippen LogP contribution in [0.2, 0.25) is 0 Å². The highest BCUT2D eigenvalue weighted by atomic mass is 16.5. The van der Waals surface area contributed by atoms with Crippen molar-refractivity contribution in [1.82, 2.24) is 14.7 Å². The minimum atomic E-state index is 0.429. The zero-order chi connectivity index (χ0) is 13.5. The molecular formula is C15H29N3O. The van der Waals surface area contributed by atoms with Gasteiger partial charge in [0, 0.05) is 38.8 Å². The summed E-state index contributed by atoms with van der Waals surface area (Å²) in [6.07, 6.45) is 1.33. The average molecular weight is 267 g/mol. The fraction of sp³-hybridized carbons (Fsp3) is 1.00. The Balaban J connectivity index is 1.60. The lowest BCUT2D eigenvalue weighted by atomic mass is 9.82. The fourth-order valence-electron chi connectivity index (χ4n) is 4.11. The molecule has 0 radical (unpaired) electrons. The molecule has 0 saturated carbocycles. The summed E-state index contributed by atoms with van der Waals surface area (Å²) < 4.78 is 5.67. The summed E-state index contributed by atoms with van der Waals surface area (Å²) in [5.41, 5.74) is 0.429. The van der Waals surface area contributed by atoms with Gasteiger partial charge in [-0.2, -0.15) is 0 Å². The molecule has 0 aromatic heterocycles. The van der Waals surface area contributed by atoms with E-state index in [-0.39, 0.29) is 0 Å². The van der Waals surface area contributed by atoms with Gasteiger partial charge in [0.25, 0.3) is 0 Å². The number of likely N-dealkylation sites (N-methyl/N-ethyl adjacent to an activating group) is 1. The number of likely N-dealkylation sites (tertiary alicyclic amines) is 1. The lowest BCUT2D eigenvalue weighted by Gasteiger charge is -2.63. The van der Waals surface area contributed by atoms with Gasteiger partial charge in [0.05, 0.1) is 18.8 Å². The maximum atomic E-state index is 5.67. The van der Waals surface area contributed by atoms with Gasteiger partial charge in [0.1, 0.15) is 0 Å². The van der Waals surface area contributed by atoms with Crippen LogP contribution in [0.3, 0.4) is 0 Å². The van der Waals surface area contributed by atoms with E-state index < -0.39 is 0 Å². The molecule has 3 saturated heterocycles. The number of ether oxygens (including phenoxy) is 1. The number of fused-ring (bicyclic) bond motifs is 2. The Morgan fingerprint density at radius 2 is 2.05 bits per heavy atom. The third-order valence-corrected chi connectivity index (χ3v) is 4.98. The molecule has 3 heterocycles. The Bertz CT molecular complexity index is 315. The van der Waals surface area contributed by atoms with Gasteiger partial charge in [-0.25, -0.2) is 0 Å². The van der Waals surface area contributed by atoms with Crippen LogP contribution < -0.4 is 0 Å². The van der Waals surface area contributed by atoms with Crippen LogP contribution >= 0.6 is 0 Å².